The van der Waals surface area contributed by atoms with Crippen molar-refractivity contribution >= 4 is 23.2 Å². The van der Waals surface area contributed by atoms with E-state index in [1.165, 1.54) is 12.3 Å². The fourth-order valence-electron chi connectivity index (χ4n) is 1.20. The molecule has 0 aromatic carbocycles. The van der Waals surface area contributed by atoms with E-state index in [1.54, 1.807) is 12.3 Å². The lowest BCUT2D eigenvalue weighted by molar-refractivity contribution is 0.102. The molecular weight excluding hydrogens is 228 g/mol. The van der Waals surface area contributed by atoms with Gasteiger partial charge in [0.25, 0.3) is 5.91 Å². The minimum atomic E-state index is -0.315. The Balaban J connectivity index is 2.14. The molecule has 5 heteroatoms. The lowest BCUT2D eigenvalue weighted by atomic mass is 10.3. The summed E-state index contributed by atoms with van der Waals surface area (Å²) >= 11 is 5.68. The van der Waals surface area contributed by atoms with Gasteiger partial charge >= 0.3 is 0 Å². The molecule has 0 unspecified atom stereocenters. The monoisotopic (exact) mass is 236 g/mol. The minimum Gasteiger partial charge on any atom is -0.452 e. The summed E-state index contributed by atoms with van der Waals surface area (Å²) in [5.74, 6) is -0.315. The summed E-state index contributed by atoms with van der Waals surface area (Å²) in [4.78, 5) is 15.8. The lowest BCUT2D eigenvalue weighted by Crippen LogP contribution is -2.11. The summed E-state index contributed by atoms with van der Waals surface area (Å²) in [7, 11) is 0. The van der Waals surface area contributed by atoms with E-state index in [2.05, 4.69) is 10.3 Å². The predicted molar refractivity (Wildman–Crippen MR) is 60.6 cm³/mol. The first kappa shape index (κ1) is 10.7. The number of hydrogen-bond donors (Lipinski definition) is 1. The number of hydrogen-bond acceptors (Lipinski definition) is 3. The van der Waals surface area contributed by atoms with E-state index in [0.29, 0.717) is 11.3 Å². The molecule has 2 rings (SSSR count). The quantitative estimate of drug-likeness (QED) is 0.872. The third-order valence-corrected chi connectivity index (χ3v) is 2.32. The zero-order valence-corrected chi connectivity index (χ0v) is 9.28. The third-order valence-electron chi connectivity index (χ3n) is 2.03. The van der Waals surface area contributed by atoms with Crippen LogP contribution < -0.4 is 5.32 Å². The maximum atomic E-state index is 11.7. The van der Waals surface area contributed by atoms with E-state index in [0.717, 1.165) is 5.69 Å². The van der Waals surface area contributed by atoms with E-state index in [4.69, 9.17) is 16.0 Å². The summed E-state index contributed by atoms with van der Waals surface area (Å²) in [5.41, 5.74) is 1.81. The molecule has 1 N–H and O–H groups in total. The summed E-state index contributed by atoms with van der Waals surface area (Å²) < 4.78 is 4.83. The number of carbonyl (C=O) groups is 1. The number of anilines is 1. The van der Waals surface area contributed by atoms with Gasteiger partial charge in [-0.1, -0.05) is 0 Å². The number of nitrogens with one attached hydrogen (secondary N) is 1. The molecule has 4 nitrogen and oxygen atoms in total. The van der Waals surface area contributed by atoms with E-state index < -0.39 is 0 Å². The van der Waals surface area contributed by atoms with Gasteiger partial charge in [0.05, 0.1) is 23.7 Å². The molecule has 2 aromatic rings. The van der Waals surface area contributed by atoms with E-state index in [-0.39, 0.29) is 11.1 Å². The molecule has 0 atom stereocenters. The highest BCUT2D eigenvalue weighted by atomic mass is 35.5. The number of furan rings is 1. The molecule has 0 bridgehead atoms. The van der Waals surface area contributed by atoms with Crippen molar-refractivity contribution in [2.75, 3.05) is 5.32 Å². The molecule has 0 fully saturated rings. The van der Waals surface area contributed by atoms with Gasteiger partial charge in [-0.05, 0) is 36.7 Å². The number of rotatable bonds is 2. The van der Waals surface area contributed by atoms with Crippen molar-refractivity contribution in [2.24, 2.45) is 0 Å². The Morgan fingerprint density at radius 1 is 1.44 bits per heavy atom. The van der Waals surface area contributed by atoms with Crippen LogP contribution >= 0.6 is 11.6 Å². The van der Waals surface area contributed by atoms with Crippen molar-refractivity contribution in [2.45, 2.75) is 6.92 Å². The van der Waals surface area contributed by atoms with E-state index in [9.17, 15) is 4.79 Å². The SMILES string of the molecule is Cc1ccc(NC(=O)c2ccoc2Cl)cn1. The molecule has 0 saturated carbocycles. The summed E-state index contributed by atoms with van der Waals surface area (Å²) in [6.07, 6.45) is 2.95. The molecule has 0 saturated heterocycles. The van der Waals surface area contributed by atoms with Gasteiger partial charge in [-0.25, -0.2) is 0 Å². The van der Waals surface area contributed by atoms with Gasteiger partial charge < -0.3 is 9.73 Å². The first-order valence-electron chi connectivity index (χ1n) is 4.64. The van der Waals surface area contributed by atoms with Crippen LogP contribution in [-0.4, -0.2) is 10.9 Å². The smallest absolute Gasteiger partial charge is 0.260 e. The minimum absolute atomic E-state index is 0.0811. The lowest BCUT2D eigenvalue weighted by Gasteiger charge is -2.03. The van der Waals surface area contributed by atoms with Crippen LogP contribution in [0.25, 0.3) is 0 Å². The highest BCUT2D eigenvalue weighted by Crippen LogP contribution is 2.18. The van der Waals surface area contributed by atoms with Gasteiger partial charge in [0.15, 0.2) is 0 Å². The van der Waals surface area contributed by atoms with Crippen molar-refractivity contribution in [3.63, 3.8) is 0 Å². The highest BCUT2D eigenvalue weighted by molar-refractivity contribution is 6.32. The van der Waals surface area contributed by atoms with E-state index >= 15 is 0 Å². The largest absolute Gasteiger partial charge is 0.452 e. The van der Waals surface area contributed by atoms with Gasteiger partial charge in [-0.3, -0.25) is 9.78 Å². The summed E-state index contributed by atoms with van der Waals surface area (Å²) in [6, 6.07) is 5.10. The van der Waals surface area contributed by atoms with Crippen LogP contribution in [0.2, 0.25) is 5.22 Å². The molecule has 82 valence electrons. The Hall–Kier alpha value is -1.81. The number of halogens is 1. The number of pyridine rings is 1. The number of aromatic nitrogens is 1. The molecule has 0 aliphatic carbocycles. The molecule has 0 aliphatic heterocycles. The molecular formula is C11H9ClN2O2. The first-order valence-corrected chi connectivity index (χ1v) is 5.01. The Morgan fingerprint density at radius 3 is 2.81 bits per heavy atom. The molecule has 0 spiro atoms. The first-order chi connectivity index (χ1) is 7.66. The van der Waals surface area contributed by atoms with Gasteiger partial charge in [-0.15, -0.1) is 0 Å². The Labute approximate surface area is 97.2 Å². The van der Waals surface area contributed by atoms with Crippen molar-refractivity contribution in [3.05, 3.63) is 47.1 Å². The van der Waals surface area contributed by atoms with Gasteiger partial charge in [0.1, 0.15) is 0 Å². The highest BCUT2D eigenvalue weighted by Gasteiger charge is 2.12. The summed E-state index contributed by atoms with van der Waals surface area (Å²) in [6.45, 7) is 1.87. The maximum absolute atomic E-state index is 11.7. The van der Waals surface area contributed by atoms with Crippen molar-refractivity contribution in [3.8, 4) is 0 Å². The van der Waals surface area contributed by atoms with Gasteiger partial charge in [-0.2, -0.15) is 0 Å². The molecule has 16 heavy (non-hydrogen) atoms. The van der Waals surface area contributed by atoms with Crippen molar-refractivity contribution < 1.29 is 9.21 Å². The fraction of sp³-hybridized carbons (Fsp3) is 0.0909. The topological polar surface area (TPSA) is 55.1 Å². The Kier molecular flexibility index (Phi) is 2.92. The number of amides is 1. The molecule has 2 heterocycles. The average Bonchev–Trinajstić information content (AvgIpc) is 2.68. The van der Waals surface area contributed by atoms with Crippen LogP contribution in [0.15, 0.2) is 35.1 Å². The van der Waals surface area contributed by atoms with Crippen LogP contribution in [-0.2, 0) is 0 Å². The maximum Gasteiger partial charge on any atom is 0.260 e. The molecule has 0 radical (unpaired) electrons. The van der Waals surface area contributed by atoms with Crippen LogP contribution in [0.4, 0.5) is 5.69 Å². The van der Waals surface area contributed by atoms with Gasteiger partial charge in [0, 0.05) is 5.69 Å². The molecule has 0 aliphatic rings. The number of nitrogens with zero attached hydrogens (tertiary/aromatic N) is 1. The third kappa shape index (κ3) is 2.23. The van der Waals surface area contributed by atoms with Crippen LogP contribution in [0.5, 0.6) is 0 Å². The van der Waals surface area contributed by atoms with Crippen molar-refractivity contribution in [1.82, 2.24) is 4.98 Å². The second-order valence-electron chi connectivity index (χ2n) is 3.25. The van der Waals surface area contributed by atoms with Crippen LogP contribution in [0, 0.1) is 6.92 Å². The zero-order valence-electron chi connectivity index (χ0n) is 8.53. The normalized spacial score (nSPS) is 10.1. The molecule has 1 amide bonds. The van der Waals surface area contributed by atoms with Crippen molar-refractivity contribution in [1.29, 1.82) is 0 Å². The summed E-state index contributed by atoms with van der Waals surface area (Å²) in [5, 5.41) is 2.75. The van der Waals surface area contributed by atoms with Crippen LogP contribution in [0.3, 0.4) is 0 Å². The Bertz CT molecular complexity index is 505. The fourth-order valence-corrected chi connectivity index (χ4v) is 1.40. The Morgan fingerprint density at radius 2 is 2.25 bits per heavy atom. The predicted octanol–water partition coefficient (Wildman–Crippen LogP) is 2.89. The van der Waals surface area contributed by atoms with Crippen LogP contribution in [0.1, 0.15) is 16.1 Å². The number of aryl methyl sites for hydroxylation is 1. The zero-order chi connectivity index (χ0) is 11.5. The standard InChI is InChI=1S/C11H9ClN2O2/c1-7-2-3-8(6-13-7)14-11(15)9-4-5-16-10(9)12/h2-6H,1H3,(H,14,15). The van der Waals surface area contributed by atoms with Gasteiger partial charge in [0.2, 0.25) is 5.22 Å². The number of carbonyl (C=O) groups excluding carboxylic acids is 1. The average molecular weight is 237 g/mol. The second kappa shape index (κ2) is 4.37. The van der Waals surface area contributed by atoms with E-state index in [1.807, 2.05) is 13.0 Å². The second-order valence-corrected chi connectivity index (χ2v) is 3.59. The molecule has 2 aromatic heterocycles.